The minimum absolute atomic E-state index is 0.0750. The van der Waals surface area contributed by atoms with Crippen molar-refractivity contribution < 1.29 is 9.53 Å². The highest BCUT2D eigenvalue weighted by atomic mass is 79.9. The van der Waals surface area contributed by atoms with Gasteiger partial charge in [-0.25, -0.2) is 0 Å². The summed E-state index contributed by atoms with van der Waals surface area (Å²) in [6, 6.07) is 11.5. The summed E-state index contributed by atoms with van der Waals surface area (Å²) in [4.78, 5) is 16.4. The van der Waals surface area contributed by atoms with Crippen LogP contribution < -0.4 is 4.74 Å². The number of hydrogen-bond acceptors (Lipinski definition) is 3. The Balaban J connectivity index is 1.68. The summed E-state index contributed by atoms with van der Waals surface area (Å²) >= 11 is 3.33. The second-order valence-corrected chi connectivity index (χ2v) is 5.44. The van der Waals surface area contributed by atoms with Crippen molar-refractivity contribution in [2.24, 2.45) is 0 Å². The van der Waals surface area contributed by atoms with Gasteiger partial charge in [0.15, 0.2) is 11.9 Å². The van der Waals surface area contributed by atoms with E-state index in [1.807, 2.05) is 36.4 Å². The number of carbonyl (C=O) groups is 1. The summed E-state index contributed by atoms with van der Waals surface area (Å²) in [5, 5.41) is 0. The molecule has 19 heavy (non-hydrogen) atoms. The van der Waals surface area contributed by atoms with Crippen LogP contribution in [0.2, 0.25) is 0 Å². The van der Waals surface area contributed by atoms with Crippen molar-refractivity contribution in [3.05, 3.63) is 58.3 Å². The van der Waals surface area contributed by atoms with Crippen LogP contribution in [0.5, 0.6) is 5.75 Å². The predicted octanol–water partition coefficient (Wildman–Crippen LogP) is 2.96. The van der Waals surface area contributed by atoms with Gasteiger partial charge in [0.1, 0.15) is 5.75 Å². The van der Waals surface area contributed by atoms with Gasteiger partial charge in [0, 0.05) is 22.8 Å². The van der Waals surface area contributed by atoms with Crippen LogP contribution in [0.15, 0.2) is 47.1 Å². The van der Waals surface area contributed by atoms with Gasteiger partial charge >= 0.3 is 0 Å². The van der Waals surface area contributed by atoms with E-state index >= 15 is 0 Å². The highest BCUT2D eigenvalue weighted by Crippen LogP contribution is 2.28. The molecule has 1 unspecified atom stereocenters. The number of nitrogens with zero attached hydrogens (tertiary/aromatic N) is 1. The van der Waals surface area contributed by atoms with E-state index in [0.29, 0.717) is 12.8 Å². The molecule has 0 amide bonds. The first-order valence-corrected chi connectivity index (χ1v) is 6.89. The predicted molar refractivity (Wildman–Crippen MR) is 75.2 cm³/mol. The van der Waals surface area contributed by atoms with E-state index in [1.165, 1.54) is 0 Å². The fraction of sp³-hybridized carbons (Fsp3) is 0.200. The smallest absolute Gasteiger partial charge is 0.179 e. The quantitative estimate of drug-likeness (QED) is 0.873. The number of para-hydroxylation sites is 1. The minimum Gasteiger partial charge on any atom is -0.482 e. The molecule has 0 bridgehead atoms. The highest BCUT2D eigenvalue weighted by Gasteiger charge is 2.28. The molecule has 96 valence electrons. The average molecular weight is 318 g/mol. The maximum absolute atomic E-state index is 12.2. The molecule has 2 heterocycles. The van der Waals surface area contributed by atoms with Crippen molar-refractivity contribution >= 4 is 21.7 Å². The first-order chi connectivity index (χ1) is 9.22. The fourth-order valence-electron chi connectivity index (χ4n) is 2.17. The highest BCUT2D eigenvalue weighted by molar-refractivity contribution is 9.10. The third-order valence-corrected chi connectivity index (χ3v) is 3.62. The molecule has 3 rings (SSSR count). The van der Waals surface area contributed by atoms with Crippen molar-refractivity contribution in [1.29, 1.82) is 0 Å². The molecular formula is C15H12BrNO2. The number of carbonyl (C=O) groups excluding carboxylic acids is 1. The zero-order chi connectivity index (χ0) is 13.2. The van der Waals surface area contributed by atoms with Gasteiger partial charge < -0.3 is 4.74 Å². The van der Waals surface area contributed by atoms with Crippen molar-refractivity contribution in [3.8, 4) is 5.75 Å². The molecule has 0 saturated heterocycles. The number of pyridine rings is 1. The van der Waals surface area contributed by atoms with Crippen LogP contribution in [-0.2, 0) is 17.6 Å². The minimum atomic E-state index is -0.372. The standard InChI is InChI=1S/C15H12BrNO2/c16-11-5-6-12(17-9-11)8-13(18)15-7-10-3-1-2-4-14(10)19-15/h1-6,9,15H,7-8H2. The molecule has 0 aliphatic carbocycles. The Morgan fingerprint density at radius 2 is 2.16 bits per heavy atom. The first kappa shape index (κ1) is 12.4. The molecule has 1 aromatic heterocycles. The number of ketones is 1. The second-order valence-electron chi connectivity index (χ2n) is 4.53. The zero-order valence-corrected chi connectivity index (χ0v) is 11.8. The molecule has 4 heteroatoms. The van der Waals surface area contributed by atoms with Crippen molar-refractivity contribution in [2.45, 2.75) is 18.9 Å². The molecule has 3 nitrogen and oxygen atoms in total. The zero-order valence-electron chi connectivity index (χ0n) is 10.2. The van der Waals surface area contributed by atoms with Gasteiger partial charge in [-0.2, -0.15) is 0 Å². The second kappa shape index (κ2) is 5.13. The summed E-state index contributed by atoms with van der Waals surface area (Å²) in [6.45, 7) is 0. The fourth-order valence-corrected chi connectivity index (χ4v) is 2.40. The summed E-state index contributed by atoms with van der Waals surface area (Å²) in [7, 11) is 0. The van der Waals surface area contributed by atoms with Crippen molar-refractivity contribution in [2.75, 3.05) is 0 Å². The lowest BCUT2D eigenvalue weighted by atomic mass is 10.0. The normalized spacial score (nSPS) is 16.8. The number of ether oxygens (including phenoxy) is 1. The molecule has 0 fully saturated rings. The number of fused-ring (bicyclic) bond motifs is 1. The number of aromatic nitrogens is 1. The van der Waals surface area contributed by atoms with E-state index in [-0.39, 0.29) is 11.9 Å². The lowest BCUT2D eigenvalue weighted by Crippen LogP contribution is -2.27. The summed E-state index contributed by atoms with van der Waals surface area (Å²) in [5.41, 5.74) is 1.87. The molecule has 0 N–H and O–H groups in total. The van der Waals surface area contributed by atoms with E-state index in [2.05, 4.69) is 20.9 Å². The molecular weight excluding hydrogens is 306 g/mol. The topological polar surface area (TPSA) is 39.2 Å². The van der Waals surface area contributed by atoms with Crippen LogP contribution in [0.25, 0.3) is 0 Å². The number of halogens is 1. The Labute approximate surface area is 119 Å². The van der Waals surface area contributed by atoms with E-state index in [0.717, 1.165) is 21.5 Å². The van der Waals surface area contributed by atoms with E-state index in [9.17, 15) is 4.79 Å². The Morgan fingerprint density at radius 3 is 2.89 bits per heavy atom. The van der Waals surface area contributed by atoms with Gasteiger partial charge in [-0.3, -0.25) is 9.78 Å². The van der Waals surface area contributed by atoms with Crippen LogP contribution in [0, 0.1) is 0 Å². The Kier molecular flexibility index (Phi) is 3.34. The largest absolute Gasteiger partial charge is 0.482 e. The van der Waals surface area contributed by atoms with Crippen LogP contribution >= 0.6 is 15.9 Å². The molecule has 0 radical (unpaired) electrons. The molecule has 0 saturated carbocycles. The molecule has 2 aromatic rings. The molecule has 1 atom stereocenters. The van der Waals surface area contributed by atoms with Gasteiger partial charge in [-0.15, -0.1) is 0 Å². The van der Waals surface area contributed by atoms with Gasteiger partial charge in [0.05, 0.1) is 6.42 Å². The summed E-state index contributed by atoms with van der Waals surface area (Å²) in [5.74, 6) is 0.899. The lowest BCUT2D eigenvalue weighted by Gasteiger charge is -2.09. The number of Topliss-reactive ketones (excluding diaryl/α,β-unsaturated/α-hetero) is 1. The van der Waals surface area contributed by atoms with Crippen LogP contribution in [0.3, 0.4) is 0 Å². The number of rotatable bonds is 3. The van der Waals surface area contributed by atoms with E-state index in [1.54, 1.807) is 6.20 Å². The van der Waals surface area contributed by atoms with E-state index < -0.39 is 0 Å². The maximum atomic E-state index is 12.2. The molecule has 0 spiro atoms. The van der Waals surface area contributed by atoms with Gasteiger partial charge in [-0.05, 0) is 39.7 Å². The van der Waals surface area contributed by atoms with Crippen LogP contribution in [-0.4, -0.2) is 16.9 Å². The lowest BCUT2D eigenvalue weighted by molar-refractivity contribution is -0.124. The molecule has 1 aliphatic rings. The first-order valence-electron chi connectivity index (χ1n) is 6.10. The molecule has 1 aromatic carbocycles. The monoisotopic (exact) mass is 317 g/mol. The number of hydrogen-bond donors (Lipinski definition) is 0. The van der Waals surface area contributed by atoms with Crippen molar-refractivity contribution in [1.82, 2.24) is 4.98 Å². The molecule has 1 aliphatic heterocycles. The Bertz CT molecular complexity index is 585. The van der Waals surface area contributed by atoms with Crippen molar-refractivity contribution in [3.63, 3.8) is 0 Å². The van der Waals surface area contributed by atoms with Gasteiger partial charge in [0.2, 0.25) is 0 Å². The third kappa shape index (κ3) is 2.68. The third-order valence-electron chi connectivity index (χ3n) is 3.15. The van der Waals surface area contributed by atoms with Crippen LogP contribution in [0.4, 0.5) is 0 Å². The Hall–Kier alpha value is -1.68. The summed E-state index contributed by atoms with van der Waals surface area (Å²) in [6.07, 6.45) is 2.30. The van der Waals surface area contributed by atoms with Gasteiger partial charge in [0.25, 0.3) is 0 Å². The Morgan fingerprint density at radius 1 is 1.32 bits per heavy atom. The van der Waals surface area contributed by atoms with Gasteiger partial charge in [-0.1, -0.05) is 18.2 Å². The SMILES string of the molecule is O=C(Cc1ccc(Br)cn1)C1Cc2ccccc2O1. The average Bonchev–Trinajstić information content (AvgIpc) is 2.85. The van der Waals surface area contributed by atoms with Crippen LogP contribution in [0.1, 0.15) is 11.3 Å². The number of benzene rings is 1. The maximum Gasteiger partial charge on any atom is 0.179 e. The summed E-state index contributed by atoms with van der Waals surface area (Å²) < 4.78 is 6.59. The van der Waals surface area contributed by atoms with E-state index in [4.69, 9.17) is 4.74 Å².